The standard InChI is InChI=1S/C20H28N4O/c1-4-24(5-2)20(25)22-19-15-12-17-13(9-7-11-23(17)3)14-8-6-10-16(21-19)18(14)15/h6,8,10,13,17,21H,4-5,7,9,11-12H2,1-3H3,(H,22,25)/t13?,17-/m1/s1. The third-order valence-corrected chi connectivity index (χ3v) is 6.11. The molecule has 5 heteroatoms. The molecule has 1 aromatic carbocycles. The number of anilines is 1. The number of fused-ring (bicyclic) bond motifs is 2. The second kappa shape index (κ2) is 6.37. The fourth-order valence-corrected chi connectivity index (χ4v) is 4.76. The number of carbonyl (C=O) groups is 1. The van der Waals surface area contributed by atoms with Crippen LogP contribution in [0.3, 0.4) is 0 Å². The van der Waals surface area contributed by atoms with Crippen LogP contribution in [0.4, 0.5) is 10.6 Å². The number of nitrogens with one attached hydrogen (secondary N) is 2. The normalized spacial score (nSPS) is 22.7. The van der Waals surface area contributed by atoms with Gasteiger partial charge in [0.15, 0.2) is 0 Å². The Morgan fingerprint density at radius 1 is 1.36 bits per heavy atom. The number of aromatic amines is 1. The summed E-state index contributed by atoms with van der Waals surface area (Å²) in [5.74, 6) is 1.49. The molecule has 1 aliphatic carbocycles. The van der Waals surface area contributed by atoms with Crippen LogP contribution in [0.5, 0.6) is 0 Å². The Kier molecular flexibility index (Phi) is 4.20. The van der Waals surface area contributed by atoms with Crippen molar-refractivity contribution in [2.24, 2.45) is 0 Å². The zero-order valence-corrected chi connectivity index (χ0v) is 15.4. The van der Waals surface area contributed by atoms with Crippen molar-refractivity contribution >= 4 is 22.8 Å². The third-order valence-electron chi connectivity index (χ3n) is 6.11. The van der Waals surface area contributed by atoms with E-state index in [1.807, 2.05) is 18.7 Å². The van der Waals surface area contributed by atoms with Crippen molar-refractivity contribution < 1.29 is 4.79 Å². The molecule has 1 fully saturated rings. The molecule has 1 saturated heterocycles. The first-order chi connectivity index (χ1) is 12.1. The number of H-pyrrole nitrogens is 1. The first kappa shape index (κ1) is 16.5. The van der Waals surface area contributed by atoms with Gasteiger partial charge in [0, 0.05) is 41.5 Å². The van der Waals surface area contributed by atoms with Crippen LogP contribution in [0.2, 0.25) is 0 Å². The number of benzene rings is 1. The average Bonchev–Trinajstić information content (AvgIpc) is 2.96. The number of hydrogen-bond donors (Lipinski definition) is 2. The molecule has 0 radical (unpaired) electrons. The molecule has 2 aliphatic rings. The van der Waals surface area contributed by atoms with Crippen LogP contribution >= 0.6 is 0 Å². The number of amides is 2. The Morgan fingerprint density at radius 3 is 2.92 bits per heavy atom. The number of hydrogen-bond acceptors (Lipinski definition) is 2. The molecule has 1 aliphatic heterocycles. The summed E-state index contributed by atoms with van der Waals surface area (Å²) in [6, 6.07) is 7.07. The summed E-state index contributed by atoms with van der Waals surface area (Å²) in [4.78, 5) is 20.3. The molecule has 0 spiro atoms. The SMILES string of the molecule is CCN(CC)C(=O)Nc1[nH]c2cccc3c2c1C[C@@H]1C3CCCN1C. The van der Waals surface area contributed by atoms with Gasteiger partial charge in [0.1, 0.15) is 5.82 Å². The average molecular weight is 340 g/mol. The summed E-state index contributed by atoms with van der Waals surface area (Å²) in [7, 11) is 2.24. The maximum absolute atomic E-state index is 12.6. The minimum Gasteiger partial charge on any atom is -0.341 e. The minimum atomic E-state index is -0.0199. The molecule has 2 N–H and O–H groups in total. The molecule has 25 heavy (non-hydrogen) atoms. The van der Waals surface area contributed by atoms with Gasteiger partial charge < -0.3 is 14.8 Å². The van der Waals surface area contributed by atoms with Gasteiger partial charge in [-0.3, -0.25) is 5.32 Å². The summed E-state index contributed by atoms with van der Waals surface area (Å²) in [5.41, 5.74) is 3.88. The fourth-order valence-electron chi connectivity index (χ4n) is 4.76. The Bertz CT molecular complexity index is 792. The van der Waals surface area contributed by atoms with Crippen molar-refractivity contribution in [3.8, 4) is 0 Å². The molecule has 2 amide bonds. The largest absolute Gasteiger partial charge is 0.341 e. The maximum Gasteiger partial charge on any atom is 0.322 e. The highest BCUT2D eigenvalue weighted by atomic mass is 16.2. The van der Waals surface area contributed by atoms with Crippen molar-refractivity contribution in [3.63, 3.8) is 0 Å². The van der Waals surface area contributed by atoms with Crippen LogP contribution in [0.25, 0.3) is 10.9 Å². The quantitative estimate of drug-likeness (QED) is 0.893. The summed E-state index contributed by atoms with van der Waals surface area (Å²) < 4.78 is 0. The number of urea groups is 1. The zero-order chi connectivity index (χ0) is 17.6. The monoisotopic (exact) mass is 340 g/mol. The van der Waals surface area contributed by atoms with E-state index in [4.69, 9.17) is 0 Å². The lowest BCUT2D eigenvalue weighted by Gasteiger charge is -2.42. The molecule has 2 heterocycles. The van der Waals surface area contributed by atoms with Gasteiger partial charge in [0.05, 0.1) is 0 Å². The number of nitrogens with zero attached hydrogens (tertiary/aromatic N) is 2. The predicted molar refractivity (Wildman–Crippen MR) is 102 cm³/mol. The first-order valence-electron chi connectivity index (χ1n) is 9.53. The summed E-state index contributed by atoms with van der Waals surface area (Å²) in [6.45, 7) is 6.63. The second-order valence-electron chi connectivity index (χ2n) is 7.35. The van der Waals surface area contributed by atoms with Gasteiger partial charge in [-0.05, 0) is 58.3 Å². The van der Waals surface area contributed by atoms with Gasteiger partial charge in [-0.1, -0.05) is 12.1 Å². The van der Waals surface area contributed by atoms with Crippen LogP contribution in [0, 0.1) is 0 Å². The third kappa shape index (κ3) is 2.61. The Hall–Kier alpha value is -2.01. The smallest absolute Gasteiger partial charge is 0.322 e. The molecule has 4 rings (SSSR count). The second-order valence-corrected chi connectivity index (χ2v) is 7.35. The van der Waals surface area contributed by atoms with Crippen LogP contribution in [-0.2, 0) is 6.42 Å². The van der Waals surface area contributed by atoms with Gasteiger partial charge in [0.25, 0.3) is 0 Å². The summed E-state index contributed by atoms with van der Waals surface area (Å²) >= 11 is 0. The maximum atomic E-state index is 12.6. The Labute approximate surface area is 149 Å². The lowest BCUT2D eigenvalue weighted by molar-refractivity contribution is 0.157. The molecule has 134 valence electrons. The summed E-state index contributed by atoms with van der Waals surface area (Å²) in [6.07, 6.45) is 3.53. The Morgan fingerprint density at radius 2 is 2.16 bits per heavy atom. The van der Waals surface area contributed by atoms with E-state index >= 15 is 0 Å². The van der Waals surface area contributed by atoms with Crippen molar-refractivity contribution in [1.82, 2.24) is 14.8 Å². The van der Waals surface area contributed by atoms with E-state index in [1.54, 1.807) is 0 Å². The molecule has 5 nitrogen and oxygen atoms in total. The molecule has 1 aromatic heterocycles. The van der Waals surface area contributed by atoms with Crippen LogP contribution < -0.4 is 5.32 Å². The molecule has 2 aromatic rings. The number of likely N-dealkylation sites (tertiary alicyclic amines) is 1. The molecule has 0 bridgehead atoms. The Balaban J connectivity index is 1.76. The van der Waals surface area contributed by atoms with E-state index in [1.165, 1.54) is 29.4 Å². The molecule has 1 unspecified atom stereocenters. The van der Waals surface area contributed by atoms with Crippen LogP contribution in [0.1, 0.15) is 43.7 Å². The predicted octanol–water partition coefficient (Wildman–Crippen LogP) is 3.78. The van der Waals surface area contributed by atoms with Crippen molar-refractivity contribution in [2.45, 2.75) is 45.1 Å². The van der Waals surface area contributed by atoms with Gasteiger partial charge in [-0.15, -0.1) is 0 Å². The molecule has 0 saturated carbocycles. The van der Waals surface area contributed by atoms with E-state index in [0.717, 1.165) is 37.4 Å². The van der Waals surface area contributed by atoms with Crippen molar-refractivity contribution in [1.29, 1.82) is 0 Å². The van der Waals surface area contributed by atoms with Gasteiger partial charge >= 0.3 is 6.03 Å². The van der Waals surface area contributed by atoms with Gasteiger partial charge in [0.2, 0.25) is 0 Å². The highest BCUT2D eigenvalue weighted by molar-refractivity contribution is 5.98. The van der Waals surface area contributed by atoms with Crippen molar-refractivity contribution in [3.05, 3.63) is 29.3 Å². The lowest BCUT2D eigenvalue weighted by atomic mass is 9.75. The van der Waals surface area contributed by atoms with Gasteiger partial charge in [-0.2, -0.15) is 0 Å². The minimum absolute atomic E-state index is 0.0199. The van der Waals surface area contributed by atoms with Crippen molar-refractivity contribution in [2.75, 3.05) is 32.0 Å². The highest BCUT2D eigenvalue weighted by Crippen LogP contribution is 2.45. The number of likely N-dealkylation sites (N-methyl/N-ethyl adjacent to an activating group) is 1. The van der Waals surface area contributed by atoms with Crippen LogP contribution in [-0.4, -0.2) is 53.5 Å². The number of carbonyl (C=O) groups excluding carboxylic acids is 1. The van der Waals surface area contributed by atoms with E-state index < -0.39 is 0 Å². The molecule has 2 atom stereocenters. The summed E-state index contributed by atoms with van der Waals surface area (Å²) in [5, 5.41) is 4.48. The van der Waals surface area contributed by atoms with E-state index in [2.05, 4.69) is 40.4 Å². The topological polar surface area (TPSA) is 51.4 Å². The number of rotatable bonds is 3. The zero-order valence-electron chi connectivity index (χ0n) is 15.4. The van der Waals surface area contributed by atoms with Gasteiger partial charge in [-0.25, -0.2) is 4.79 Å². The molecular weight excluding hydrogens is 312 g/mol. The molecular formula is C20H28N4O. The number of piperidine rings is 1. The van der Waals surface area contributed by atoms with E-state index in [0.29, 0.717) is 12.0 Å². The first-order valence-corrected chi connectivity index (χ1v) is 9.53. The highest BCUT2D eigenvalue weighted by Gasteiger charge is 2.37. The number of aromatic nitrogens is 1. The van der Waals surface area contributed by atoms with E-state index in [-0.39, 0.29) is 6.03 Å². The van der Waals surface area contributed by atoms with E-state index in [9.17, 15) is 4.79 Å². The fraction of sp³-hybridized carbons (Fsp3) is 0.550. The lowest BCUT2D eigenvalue weighted by Crippen LogP contribution is -2.44. The van der Waals surface area contributed by atoms with Crippen LogP contribution in [0.15, 0.2) is 18.2 Å².